The molecule has 0 unspecified atom stereocenters. The number of benzene rings is 3. The zero-order valence-electron chi connectivity index (χ0n) is 19.3. The lowest BCUT2D eigenvalue weighted by Crippen LogP contribution is -2.49. The third-order valence-corrected chi connectivity index (χ3v) is 5.79. The summed E-state index contributed by atoms with van der Waals surface area (Å²) in [5.74, 6) is -0.876. The van der Waals surface area contributed by atoms with Gasteiger partial charge in [-0.05, 0) is 55.3 Å². The smallest absolute Gasteiger partial charge is 0.339 e. The molecule has 0 aliphatic carbocycles. The van der Waals surface area contributed by atoms with E-state index in [1.54, 1.807) is 53.4 Å². The standard InChI is InChI=1S/C27H27N3O4/c1-19-7-5-8-20(17-19)18-29-15-6-16-30(27(29)33)22-13-11-21(12-14-22)25(31)28-24-10-4-3-9-23(24)26(32)34-2/h3-5,7-14,17H,6,15-16,18H2,1-2H3,(H,28,31). The van der Waals surface area contributed by atoms with Gasteiger partial charge >= 0.3 is 12.0 Å². The van der Waals surface area contributed by atoms with Crippen LogP contribution in [0.5, 0.6) is 0 Å². The summed E-state index contributed by atoms with van der Waals surface area (Å²) in [7, 11) is 1.30. The minimum atomic E-state index is -0.523. The summed E-state index contributed by atoms with van der Waals surface area (Å²) in [5, 5.41) is 2.76. The number of carbonyl (C=O) groups excluding carboxylic acids is 3. The Bertz CT molecular complexity index is 1210. The third-order valence-electron chi connectivity index (χ3n) is 5.79. The number of ether oxygens (including phenoxy) is 1. The topological polar surface area (TPSA) is 79.0 Å². The Morgan fingerprint density at radius 1 is 0.971 bits per heavy atom. The van der Waals surface area contributed by atoms with Gasteiger partial charge in [-0.3, -0.25) is 9.69 Å². The van der Waals surface area contributed by atoms with E-state index in [2.05, 4.69) is 11.4 Å². The van der Waals surface area contributed by atoms with Crippen molar-refractivity contribution in [3.05, 3.63) is 95.1 Å². The maximum absolute atomic E-state index is 13.1. The fourth-order valence-corrected chi connectivity index (χ4v) is 4.07. The summed E-state index contributed by atoms with van der Waals surface area (Å²) in [6.45, 7) is 3.95. The van der Waals surface area contributed by atoms with E-state index >= 15 is 0 Å². The molecular weight excluding hydrogens is 430 g/mol. The van der Waals surface area contributed by atoms with E-state index in [-0.39, 0.29) is 17.5 Å². The molecule has 0 saturated carbocycles. The largest absolute Gasteiger partial charge is 0.465 e. The van der Waals surface area contributed by atoms with Crippen LogP contribution in [0.3, 0.4) is 0 Å². The first-order chi connectivity index (χ1) is 16.5. The first-order valence-electron chi connectivity index (χ1n) is 11.2. The number of hydrogen-bond donors (Lipinski definition) is 1. The number of esters is 1. The van der Waals surface area contributed by atoms with Crippen LogP contribution in [0.4, 0.5) is 16.2 Å². The van der Waals surface area contributed by atoms with Gasteiger partial charge in [-0.2, -0.15) is 0 Å². The van der Waals surface area contributed by atoms with Gasteiger partial charge in [-0.25, -0.2) is 9.59 Å². The minimum absolute atomic E-state index is 0.0445. The van der Waals surface area contributed by atoms with E-state index in [1.165, 1.54) is 12.7 Å². The number of urea groups is 1. The molecule has 1 fully saturated rings. The lowest BCUT2D eigenvalue weighted by molar-refractivity contribution is 0.0602. The average molecular weight is 458 g/mol. The Labute approximate surface area is 198 Å². The monoisotopic (exact) mass is 457 g/mol. The number of nitrogens with zero attached hydrogens (tertiary/aromatic N) is 2. The molecule has 0 atom stereocenters. The van der Waals surface area contributed by atoms with Crippen LogP contribution < -0.4 is 10.2 Å². The van der Waals surface area contributed by atoms with E-state index in [1.807, 2.05) is 30.0 Å². The Morgan fingerprint density at radius 3 is 2.47 bits per heavy atom. The van der Waals surface area contributed by atoms with E-state index < -0.39 is 5.97 Å². The second kappa shape index (κ2) is 10.2. The molecule has 34 heavy (non-hydrogen) atoms. The van der Waals surface area contributed by atoms with Gasteiger partial charge in [0.1, 0.15) is 0 Å². The molecule has 1 aliphatic heterocycles. The van der Waals surface area contributed by atoms with Crippen molar-refractivity contribution in [2.75, 3.05) is 30.4 Å². The van der Waals surface area contributed by atoms with Crippen molar-refractivity contribution in [3.8, 4) is 0 Å². The Hall–Kier alpha value is -4.13. The summed E-state index contributed by atoms with van der Waals surface area (Å²) in [4.78, 5) is 41.4. The van der Waals surface area contributed by atoms with Gasteiger partial charge in [0.2, 0.25) is 0 Å². The van der Waals surface area contributed by atoms with Crippen molar-refractivity contribution >= 4 is 29.3 Å². The third kappa shape index (κ3) is 5.09. The summed E-state index contributed by atoms with van der Waals surface area (Å²) in [5.41, 5.74) is 4.09. The lowest BCUT2D eigenvalue weighted by atomic mass is 10.1. The Kier molecular flexibility index (Phi) is 6.92. The maximum atomic E-state index is 13.1. The highest BCUT2D eigenvalue weighted by molar-refractivity contribution is 6.08. The van der Waals surface area contributed by atoms with Gasteiger partial charge < -0.3 is 15.0 Å². The molecule has 1 saturated heterocycles. The normalized spacial score (nSPS) is 13.5. The van der Waals surface area contributed by atoms with E-state index in [0.29, 0.717) is 30.9 Å². The predicted molar refractivity (Wildman–Crippen MR) is 131 cm³/mol. The number of methoxy groups -OCH3 is 1. The second-order valence-electron chi connectivity index (χ2n) is 8.24. The molecule has 0 bridgehead atoms. The van der Waals surface area contributed by atoms with E-state index in [4.69, 9.17) is 4.74 Å². The zero-order valence-corrected chi connectivity index (χ0v) is 19.3. The number of amides is 3. The predicted octanol–water partition coefficient (Wildman–Crippen LogP) is 4.87. The summed E-state index contributed by atoms with van der Waals surface area (Å²) in [6.07, 6.45) is 0.865. The number of para-hydroxylation sites is 1. The first-order valence-corrected chi connectivity index (χ1v) is 11.2. The molecule has 1 N–H and O–H groups in total. The number of carbonyl (C=O) groups is 3. The molecule has 4 rings (SSSR count). The van der Waals surface area contributed by atoms with Crippen LogP contribution in [-0.4, -0.2) is 43.0 Å². The van der Waals surface area contributed by atoms with Crippen LogP contribution in [0.25, 0.3) is 0 Å². The minimum Gasteiger partial charge on any atom is -0.465 e. The van der Waals surface area contributed by atoms with Crippen LogP contribution in [-0.2, 0) is 11.3 Å². The SMILES string of the molecule is COC(=O)c1ccccc1NC(=O)c1ccc(N2CCCN(Cc3cccc(C)c3)C2=O)cc1. The first kappa shape index (κ1) is 23.0. The number of nitrogens with one attached hydrogen (secondary N) is 1. The highest BCUT2D eigenvalue weighted by atomic mass is 16.5. The number of aryl methyl sites for hydroxylation is 1. The fourth-order valence-electron chi connectivity index (χ4n) is 4.07. The molecule has 7 heteroatoms. The highest BCUT2D eigenvalue weighted by Gasteiger charge is 2.27. The van der Waals surface area contributed by atoms with E-state index in [9.17, 15) is 14.4 Å². The molecule has 174 valence electrons. The Balaban J connectivity index is 1.45. The average Bonchev–Trinajstić information content (AvgIpc) is 2.85. The zero-order chi connectivity index (χ0) is 24.1. The van der Waals surface area contributed by atoms with Gasteiger partial charge in [-0.15, -0.1) is 0 Å². The van der Waals surface area contributed by atoms with Crippen LogP contribution in [0.2, 0.25) is 0 Å². The van der Waals surface area contributed by atoms with Crippen molar-refractivity contribution in [3.63, 3.8) is 0 Å². The molecule has 3 amide bonds. The van der Waals surface area contributed by atoms with Gasteiger partial charge in [-0.1, -0.05) is 42.0 Å². The second-order valence-corrected chi connectivity index (χ2v) is 8.24. The van der Waals surface area contributed by atoms with Gasteiger partial charge in [0.25, 0.3) is 5.91 Å². The lowest BCUT2D eigenvalue weighted by Gasteiger charge is -2.35. The van der Waals surface area contributed by atoms with Crippen molar-refractivity contribution in [1.29, 1.82) is 0 Å². The van der Waals surface area contributed by atoms with Crippen LogP contribution in [0, 0.1) is 6.92 Å². The molecule has 0 spiro atoms. The van der Waals surface area contributed by atoms with Crippen LogP contribution >= 0.6 is 0 Å². The van der Waals surface area contributed by atoms with E-state index in [0.717, 1.165) is 17.7 Å². The quantitative estimate of drug-likeness (QED) is 0.536. The number of hydrogen-bond acceptors (Lipinski definition) is 4. The molecule has 7 nitrogen and oxygen atoms in total. The molecule has 1 aliphatic rings. The van der Waals surface area contributed by atoms with Crippen molar-refractivity contribution in [1.82, 2.24) is 4.90 Å². The summed E-state index contributed by atoms with van der Waals surface area (Å²) < 4.78 is 4.78. The molecule has 3 aromatic carbocycles. The molecular formula is C27H27N3O4. The molecule has 0 radical (unpaired) electrons. The van der Waals surface area contributed by atoms with Gasteiger partial charge in [0, 0.05) is 30.9 Å². The van der Waals surface area contributed by atoms with Gasteiger partial charge in [0.05, 0.1) is 18.4 Å². The summed E-state index contributed by atoms with van der Waals surface area (Å²) in [6, 6.07) is 21.7. The number of anilines is 2. The van der Waals surface area contributed by atoms with Crippen LogP contribution in [0.15, 0.2) is 72.8 Å². The highest BCUT2D eigenvalue weighted by Crippen LogP contribution is 2.23. The maximum Gasteiger partial charge on any atom is 0.339 e. The van der Waals surface area contributed by atoms with Gasteiger partial charge in [0.15, 0.2) is 0 Å². The Morgan fingerprint density at radius 2 is 1.74 bits per heavy atom. The van der Waals surface area contributed by atoms with Crippen molar-refractivity contribution < 1.29 is 19.1 Å². The fraction of sp³-hybridized carbons (Fsp3) is 0.222. The number of rotatable bonds is 6. The van der Waals surface area contributed by atoms with Crippen molar-refractivity contribution in [2.24, 2.45) is 0 Å². The summed E-state index contributed by atoms with van der Waals surface area (Å²) >= 11 is 0. The van der Waals surface area contributed by atoms with Crippen LogP contribution in [0.1, 0.15) is 38.3 Å². The van der Waals surface area contributed by atoms with Crippen molar-refractivity contribution in [2.45, 2.75) is 19.9 Å². The molecule has 1 heterocycles. The molecule has 0 aromatic heterocycles. The molecule has 3 aromatic rings.